The molecule has 0 spiro atoms. The third-order valence-corrected chi connectivity index (χ3v) is 4.31. The number of nitrogens with one attached hydrogen (secondary N) is 2. The summed E-state index contributed by atoms with van der Waals surface area (Å²) in [5.74, 6) is 1.57. The molecule has 1 aromatic heterocycles. The first-order valence-electron chi connectivity index (χ1n) is 7.01. The van der Waals surface area contributed by atoms with E-state index < -0.39 is 0 Å². The highest BCUT2D eigenvalue weighted by molar-refractivity contribution is 6.42. The molecule has 6 heteroatoms. The smallest absolute Gasteiger partial charge is 0.135 e. The zero-order valence-electron chi connectivity index (χ0n) is 11.4. The van der Waals surface area contributed by atoms with Crippen LogP contribution >= 0.6 is 23.2 Å². The van der Waals surface area contributed by atoms with Crippen molar-refractivity contribution < 1.29 is 0 Å². The van der Waals surface area contributed by atoms with Crippen LogP contribution in [-0.4, -0.2) is 16.0 Å². The van der Waals surface area contributed by atoms with Crippen molar-refractivity contribution in [1.82, 2.24) is 9.97 Å². The monoisotopic (exact) mass is 322 g/mol. The molecule has 2 N–H and O–H groups in total. The number of hydrogen-bond donors (Lipinski definition) is 2. The summed E-state index contributed by atoms with van der Waals surface area (Å²) in [6.45, 7) is 0. The van der Waals surface area contributed by atoms with E-state index in [4.69, 9.17) is 23.2 Å². The van der Waals surface area contributed by atoms with Crippen molar-refractivity contribution in [2.45, 2.75) is 31.7 Å². The molecular formula is C15H16Cl2N4. The second-order valence-electron chi connectivity index (χ2n) is 5.17. The summed E-state index contributed by atoms with van der Waals surface area (Å²) < 4.78 is 0. The Morgan fingerprint density at radius 1 is 0.952 bits per heavy atom. The topological polar surface area (TPSA) is 49.8 Å². The molecule has 2 aromatic rings. The van der Waals surface area contributed by atoms with Crippen LogP contribution < -0.4 is 10.6 Å². The molecule has 1 aliphatic carbocycles. The molecule has 0 aliphatic heterocycles. The van der Waals surface area contributed by atoms with Crippen LogP contribution in [0.2, 0.25) is 10.0 Å². The number of benzene rings is 1. The van der Waals surface area contributed by atoms with Crippen LogP contribution in [0, 0.1) is 0 Å². The minimum absolute atomic E-state index is 0.514. The molecule has 0 atom stereocenters. The first-order valence-corrected chi connectivity index (χ1v) is 7.77. The molecule has 0 radical (unpaired) electrons. The summed E-state index contributed by atoms with van der Waals surface area (Å²) in [5.41, 5.74) is 0.843. The van der Waals surface area contributed by atoms with Crippen molar-refractivity contribution in [2.24, 2.45) is 0 Å². The Morgan fingerprint density at radius 3 is 2.48 bits per heavy atom. The minimum atomic E-state index is 0.514. The lowest BCUT2D eigenvalue weighted by Crippen LogP contribution is -2.15. The number of aromatic nitrogens is 2. The highest BCUT2D eigenvalue weighted by Crippen LogP contribution is 2.27. The van der Waals surface area contributed by atoms with Crippen LogP contribution in [0.4, 0.5) is 17.3 Å². The van der Waals surface area contributed by atoms with Gasteiger partial charge in [0.15, 0.2) is 0 Å². The quantitative estimate of drug-likeness (QED) is 0.842. The molecular weight excluding hydrogens is 307 g/mol. The molecule has 110 valence electrons. The van der Waals surface area contributed by atoms with Gasteiger partial charge in [-0.3, -0.25) is 0 Å². The largest absolute Gasteiger partial charge is 0.367 e. The summed E-state index contributed by atoms with van der Waals surface area (Å²) in [7, 11) is 0. The number of hydrogen-bond acceptors (Lipinski definition) is 4. The fourth-order valence-corrected chi connectivity index (χ4v) is 2.80. The van der Waals surface area contributed by atoms with Gasteiger partial charge in [0.05, 0.1) is 10.0 Å². The van der Waals surface area contributed by atoms with Gasteiger partial charge in [0.25, 0.3) is 0 Å². The second kappa shape index (κ2) is 6.50. The molecule has 1 heterocycles. The normalized spacial score (nSPS) is 15.1. The van der Waals surface area contributed by atoms with E-state index in [9.17, 15) is 0 Å². The Hall–Kier alpha value is -1.52. The summed E-state index contributed by atoms with van der Waals surface area (Å²) >= 11 is 11.9. The predicted molar refractivity (Wildman–Crippen MR) is 87.7 cm³/mol. The third kappa shape index (κ3) is 3.77. The van der Waals surface area contributed by atoms with Gasteiger partial charge in [-0.1, -0.05) is 36.0 Å². The van der Waals surface area contributed by atoms with Crippen LogP contribution in [0.5, 0.6) is 0 Å². The van der Waals surface area contributed by atoms with E-state index in [1.807, 2.05) is 12.1 Å². The summed E-state index contributed by atoms with van der Waals surface area (Å²) in [5, 5.41) is 7.70. The number of halogens is 2. The van der Waals surface area contributed by atoms with E-state index in [-0.39, 0.29) is 0 Å². The van der Waals surface area contributed by atoms with Gasteiger partial charge in [-0.05, 0) is 31.0 Å². The van der Waals surface area contributed by atoms with Crippen molar-refractivity contribution in [1.29, 1.82) is 0 Å². The van der Waals surface area contributed by atoms with Crippen LogP contribution in [0.25, 0.3) is 0 Å². The van der Waals surface area contributed by atoms with E-state index in [2.05, 4.69) is 20.6 Å². The Balaban J connectivity index is 1.71. The number of anilines is 3. The average Bonchev–Trinajstić information content (AvgIpc) is 2.96. The first-order chi connectivity index (χ1) is 10.2. The van der Waals surface area contributed by atoms with E-state index in [1.165, 1.54) is 25.7 Å². The lowest BCUT2D eigenvalue weighted by molar-refractivity contribution is 0.750. The maximum absolute atomic E-state index is 6.01. The molecule has 0 saturated heterocycles. The summed E-state index contributed by atoms with van der Waals surface area (Å²) in [4.78, 5) is 8.49. The van der Waals surface area contributed by atoms with Gasteiger partial charge in [-0.2, -0.15) is 0 Å². The van der Waals surface area contributed by atoms with E-state index in [0.717, 1.165) is 17.3 Å². The summed E-state index contributed by atoms with van der Waals surface area (Å²) in [6.07, 6.45) is 6.55. The second-order valence-corrected chi connectivity index (χ2v) is 5.98. The van der Waals surface area contributed by atoms with Gasteiger partial charge in [0.2, 0.25) is 0 Å². The SMILES string of the molecule is Clc1ccc(Nc2cc(NC3CCCC3)ncn2)cc1Cl. The van der Waals surface area contributed by atoms with Gasteiger partial charge >= 0.3 is 0 Å². The molecule has 21 heavy (non-hydrogen) atoms. The van der Waals surface area contributed by atoms with E-state index >= 15 is 0 Å². The van der Waals surface area contributed by atoms with Gasteiger partial charge < -0.3 is 10.6 Å². The minimum Gasteiger partial charge on any atom is -0.367 e. The summed E-state index contributed by atoms with van der Waals surface area (Å²) in [6, 6.07) is 7.82. The van der Waals surface area contributed by atoms with Crippen molar-refractivity contribution in [3.05, 3.63) is 40.6 Å². The molecule has 3 rings (SSSR count). The molecule has 0 amide bonds. The van der Waals surface area contributed by atoms with E-state index in [1.54, 1.807) is 18.5 Å². The molecule has 0 unspecified atom stereocenters. The fourth-order valence-electron chi connectivity index (χ4n) is 2.51. The Kier molecular flexibility index (Phi) is 4.46. The maximum atomic E-state index is 6.01. The highest BCUT2D eigenvalue weighted by Gasteiger charge is 2.15. The van der Waals surface area contributed by atoms with Crippen molar-refractivity contribution >= 4 is 40.5 Å². The Labute approximate surface area is 133 Å². The van der Waals surface area contributed by atoms with Gasteiger partial charge in [0.1, 0.15) is 18.0 Å². The third-order valence-electron chi connectivity index (χ3n) is 3.57. The molecule has 4 nitrogen and oxygen atoms in total. The fraction of sp³-hybridized carbons (Fsp3) is 0.333. The van der Waals surface area contributed by atoms with Gasteiger partial charge in [-0.15, -0.1) is 0 Å². The lowest BCUT2D eigenvalue weighted by Gasteiger charge is -2.13. The van der Waals surface area contributed by atoms with Crippen LogP contribution in [-0.2, 0) is 0 Å². The van der Waals surface area contributed by atoms with Gasteiger partial charge in [-0.25, -0.2) is 9.97 Å². The zero-order chi connectivity index (χ0) is 14.7. The van der Waals surface area contributed by atoms with E-state index in [0.29, 0.717) is 16.1 Å². The van der Waals surface area contributed by atoms with Gasteiger partial charge in [0, 0.05) is 17.8 Å². The lowest BCUT2D eigenvalue weighted by atomic mass is 10.2. The number of nitrogens with zero attached hydrogens (tertiary/aromatic N) is 2. The molecule has 0 bridgehead atoms. The average molecular weight is 323 g/mol. The molecule has 1 fully saturated rings. The zero-order valence-corrected chi connectivity index (χ0v) is 13.0. The Bertz CT molecular complexity index is 627. The van der Waals surface area contributed by atoms with Crippen LogP contribution in [0.1, 0.15) is 25.7 Å². The number of rotatable bonds is 4. The van der Waals surface area contributed by atoms with Crippen molar-refractivity contribution in [2.75, 3.05) is 10.6 Å². The highest BCUT2D eigenvalue weighted by atomic mass is 35.5. The van der Waals surface area contributed by atoms with Crippen molar-refractivity contribution in [3.8, 4) is 0 Å². The van der Waals surface area contributed by atoms with Crippen LogP contribution in [0.15, 0.2) is 30.6 Å². The molecule has 1 saturated carbocycles. The Morgan fingerprint density at radius 2 is 1.71 bits per heavy atom. The van der Waals surface area contributed by atoms with Crippen molar-refractivity contribution in [3.63, 3.8) is 0 Å². The predicted octanol–water partition coefficient (Wildman–Crippen LogP) is 4.88. The van der Waals surface area contributed by atoms with Crippen LogP contribution in [0.3, 0.4) is 0 Å². The maximum Gasteiger partial charge on any atom is 0.135 e. The standard InChI is InChI=1S/C15H16Cl2N4/c16-12-6-5-11(7-13(12)17)21-15-8-14(18-9-19-15)20-10-3-1-2-4-10/h5-10H,1-4H2,(H2,18,19,20,21). The molecule has 1 aliphatic rings. The molecule has 1 aromatic carbocycles. The first kappa shape index (κ1) is 14.4.